The molecule has 0 bridgehead atoms. The Morgan fingerprint density at radius 2 is 1.74 bits per heavy atom. The minimum atomic E-state index is 0.365. The lowest BCUT2D eigenvalue weighted by atomic mass is 10.2. The fourth-order valence-corrected chi connectivity index (χ4v) is 2.57. The molecule has 0 unspecified atom stereocenters. The summed E-state index contributed by atoms with van der Waals surface area (Å²) in [5.41, 5.74) is 1.48. The van der Waals surface area contributed by atoms with Gasteiger partial charge in [0.15, 0.2) is 5.82 Å². The van der Waals surface area contributed by atoms with E-state index in [2.05, 4.69) is 9.97 Å². The van der Waals surface area contributed by atoms with Crippen LogP contribution in [0.15, 0.2) is 18.2 Å². The Balaban J connectivity index is 2.50. The summed E-state index contributed by atoms with van der Waals surface area (Å²) in [5, 5.41) is 1.21. The molecule has 0 amide bonds. The van der Waals surface area contributed by atoms with E-state index >= 15 is 0 Å². The van der Waals surface area contributed by atoms with Crippen LogP contribution < -0.4 is 4.74 Å². The van der Waals surface area contributed by atoms with Crippen LogP contribution in [0.4, 0.5) is 0 Å². The molecular weight excluding hydrogens is 307 g/mol. The number of rotatable bonds is 3. The SMILES string of the molecule is CCc1c(Cl)nc(-c2ccc(OC)c(Cl)c2)nc1Cl. The molecule has 19 heavy (non-hydrogen) atoms. The first kappa shape index (κ1) is 14.4. The molecule has 0 saturated carbocycles. The minimum absolute atomic E-state index is 0.365. The lowest BCUT2D eigenvalue weighted by molar-refractivity contribution is 0.415. The van der Waals surface area contributed by atoms with E-state index in [4.69, 9.17) is 39.5 Å². The van der Waals surface area contributed by atoms with Crippen LogP contribution >= 0.6 is 34.8 Å². The molecule has 0 aliphatic rings. The van der Waals surface area contributed by atoms with Gasteiger partial charge in [-0.3, -0.25) is 0 Å². The topological polar surface area (TPSA) is 35.0 Å². The molecule has 2 rings (SSSR count). The third-order valence-electron chi connectivity index (χ3n) is 2.67. The molecule has 1 aromatic heterocycles. The molecule has 6 heteroatoms. The number of ether oxygens (including phenoxy) is 1. The molecular formula is C13H11Cl3N2O. The van der Waals surface area contributed by atoms with Crippen molar-refractivity contribution in [3.05, 3.63) is 39.1 Å². The van der Waals surface area contributed by atoms with E-state index in [0.29, 0.717) is 33.3 Å². The van der Waals surface area contributed by atoms with Gasteiger partial charge in [0.25, 0.3) is 0 Å². The van der Waals surface area contributed by atoms with Crippen LogP contribution in [0.25, 0.3) is 11.4 Å². The van der Waals surface area contributed by atoms with Crippen molar-refractivity contribution in [2.75, 3.05) is 7.11 Å². The van der Waals surface area contributed by atoms with E-state index in [9.17, 15) is 0 Å². The van der Waals surface area contributed by atoms with E-state index in [1.54, 1.807) is 25.3 Å². The van der Waals surface area contributed by atoms with Gasteiger partial charge in [-0.15, -0.1) is 0 Å². The normalized spacial score (nSPS) is 10.6. The van der Waals surface area contributed by atoms with Crippen LogP contribution in [0.5, 0.6) is 5.75 Å². The van der Waals surface area contributed by atoms with E-state index in [1.807, 2.05) is 6.92 Å². The molecule has 1 aromatic carbocycles. The maximum Gasteiger partial charge on any atom is 0.162 e. The quantitative estimate of drug-likeness (QED) is 0.771. The summed E-state index contributed by atoms with van der Waals surface area (Å²) in [6.07, 6.45) is 0.682. The smallest absolute Gasteiger partial charge is 0.162 e. The predicted molar refractivity (Wildman–Crippen MR) is 78.4 cm³/mol. The molecule has 1 heterocycles. The van der Waals surface area contributed by atoms with Crippen molar-refractivity contribution < 1.29 is 4.74 Å². The van der Waals surface area contributed by atoms with Crippen LogP contribution in [-0.2, 0) is 6.42 Å². The number of hydrogen-bond donors (Lipinski definition) is 0. The van der Waals surface area contributed by atoms with Gasteiger partial charge in [0.05, 0.1) is 12.1 Å². The van der Waals surface area contributed by atoms with Crippen molar-refractivity contribution in [1.82, 2.24) is 9.97 Å². The summed E-state index contributed by atoms with van der Waals surface area (Å²) >= 11 is 18.3. The molecule has 100 valence electrons. The zero-order valence-electron chi connectivity index (χ0n) is 10.4. The lowest BCUT2D eigenvalue weighted by Gasteiger charge is -2.08. The molecule has 0 N–H and O–H groups in total. The van der Waals surface area contributed by atoms with E-state index in [-0.39, 0.29) is 0 Å². The van der Waals surface area contributed by atoms with Gasteiger partial charge >= 0.3 is 0 Å². The number of halogens is 3. The van der Waals surface area contributed by atoms with Crippen molar-refractivity contribution in [2.24, 2.45) is 0 Å². The molecule has 0 aliphatic heterocycles. The first-order chi connectivity index (χ1) is 9.06. The second-order valence-electron chi connectivity index (χ2n) is 3.81. The summed E-state index contributed by atoms with van der Waals surface area (Å²) in [6.45, 7) is 1.94. The van der Waals surface area contributed by atoms with Crippen LogP contribution in [0.2, 0.25) is 15.3 Å². The fourth-order valence-electron chi connectivity index (χ4n) is 1.66. The average molecular weight is 318 g/mol. The maximum absolute atomic E-state index is 6.09. The number of hydrogen-bond acceptors (Lipinski definition) is 3. The fraction of sp³-hybridized carbons (Fsp3) is 0.231. The Bertz CT molecular complexity index is 594. The van der Waals surface area contributed by atoms with E-state index in [1.165, 1.54) is 0 Å². The Morgan fingerprint density at radius 3 is 2.21 bits per heavy atom. The highest BCUT2D eigenvalue weighted by Gasteiger charge is 2.12. The molecule has 0 atom stereocenters. The van der Waals surface area contributed by atoms with Crippen molar-refractivity contribution in [3.63, 3.8) is 0 Å². The van der Waals surface area contributed by atoms with Gasteiger partial charge in [0.1, 0.15) is 16.1 Å². The number of benzene rings is 1. The highest BCUT2D eigenvalue weighted by molar-refractivity contribution is 6.34. The molecule has 0 saturated heterocycles. The Hall–Kier alpha value is -1.03. The van der Waals surface area contributed by atoms with Crippen LogP contribution in [-0.4, -0.2) is 17.1 Å². The van der Waals surface area contributed by atoms with Gasteiger partial charge in [0.2, 0.25) is 0 Å². The standard InChI is InChI=1S/C13H11Cl3N2O/c1-3-8-11(15)17-13(18-12(8)16)7-4-5-10(19-2)9(14)6-7/h4-6H,3H2,1-2H3. The van der Waals surface area contributed by atoms with E-state index in [0.717, 1.165) is 11.1 Å². The van der Waals surface area contributed by atoms with Gasteiger partial charge in [-0.05, 0) is 24.6 Å². The van der Waals surface area contributed by atoms with Gasteiger partial charge in [-0.2, -0.15) is 0 Å². The average Bonchev–Trinajstić information content (AvgIpc) is 2.38. The van der Waals surface area contributed by atoms with Crippen molar-refractivity contribution in [1.29, 1.82) is 0 Å². The van der Waals surface area contributed by atoms with Crippen LogP contribution in [0.3, 0.4) is 0 Å². The predicted octanol–water partition coefficient (Wildman–Crippen LogP) is 4.67. The molecule has 0 spiro atoms. The van der Waals surface area contributed by atoms with Gasteiger partial charge < -0.3 is 4.74 Å². The second-order valence-corrected chi connectivity index (χ2v) is 4.93. The molecule has 2 aromatic rings. The summed E-state index contributed by atoms with van der Waals surface area (Å²) in [7, 11) is 1.56. The molecule has 0 radical (unpaired) electrons. The second kappa shape index (κ2) is 5.95. The monoisotopic (exact) mass is 316 g/mol. The first-order valence-electron chi connectivity index (χ1n) is 5.62. The first-order valence-corrected chi connectivity index (χ1v) is 6.76. The Labute approximate surface area is 126 Å². The van der Waals surface area contributed by atoms with Crippen LogP contribution in [0, 0.1) is 0 Å². The zero-order valence-corrected chi connectivity index (χ0v) is 12.6. The summed E-state index contributed by atoms with van der Waals surface area (Å²) < 4.78 is 5.09. The Kier molecular flexibility index (Phi) is 4.50. The Morgan fingerprint density at radius 1 is 1.11 bits per heavy atom. The highest BCUT2D eigenvalue weighted by atomic mass is 35.5. The van der Waals surface area contributed by atoms with Gasteiger partial charge in [-0.1, -0.05) is 41.7 Å². The summed E-state index contributed by atoms with van der Waals surface area (Å²) in [5.74, 6) is 1.03. The molecule has 0 aliphatic carbocycles. The van der Waals surface area contributed by atoms with Crippen molar-refractivity contribution in [3.8, 4) is 17.1 Å². The third-order valence-corrected chi connectivity index (χ3v) is 3.59. The number of nitrogens with zero attached hydrogens (tertiary/aromatic N) is 2. The minimum Gasteiger partial charge on any atom is -0.495 e. The van der Waals surface area contributed by atoms with E-state index < -0.39 is 0 Å². The molecule has 0 fully saturated rings. The number of aromatic nitrogens is 2. The molecule has 3 nitrogen and oxygen atoms in total. The lowest BCUT2D eigenvalue weighted by Crippen LogP contribution is -1.96. The van der Waals surface area contributed by atoms with Crippen molar-refractivity contribution >= 4 is 34.8 Å². The largest absolute Gasteiger partial charge is 0.495 e. The zero-order chi connectivity index (χ0) is 14.0. The summed E-state index contributed by atoms with van der Waals surface area (Å²) in [4.78, 5) is 8.48. The van der Waals surface area contributed by atoms with Crippen LogP contribution in [0.1, 0.15) is 12.5 Å². The van der Waals surface area contributed by atoms with Crippen molar-refractivity contribution in [2.45, 2.75) is 13.3 Å². The highest BCUT2D eigenvalue weighted by Crippen LogP contribution is 2.31. The van der Waals surface area contributed by atoms with Gasteiger partial charge in [-0.25, -0.2) is 9.97 Å². The summed E-state index contributed by atoms with van der Waals surface area (Å²) in [6, 6.07) is 5.27. The maximum atomic E-state index is 6.09. The number of methoxy groups -OCH3 is 1. The van der Waals surface area contributed by atoms with Gasteiger partial charge in [0, 0.05) is 11.1 Å². The third kappa shape index (κ3) is 2.94.